The van der Waals surface area contributed by atoms with Crippen molar-refractivity contribution in [2.75, 3.05) is 6.61 Å². The van der Waals surface area contributed by atoms with E-state index < -0.39 is 18.7 Å². The Morgan fingerprint density at radius 3 is 2.81 bits per heavy atom. The maximum absolute atomic E-state index is 11.2. The van der Waals surface area contributed by atoms with Gasteiger partial charge in [-0.3, -0.25) is 0 Å². The molecule has 1 aromatic heterocycles. The zero-order valence-corrected chi connectivity index (χ0v) is 11.6. The third kappa shape index (κ3) is 3.65. The lowest BCUT2D eigenvalue weighted by Crippen LogP contribution is -2.22. The Bertz CT molecular complexity index is 639. The molecule has 0 aliphatic carbocycles. The summed E-state index contributed by atoms with van der Waals surface area (Å²) >= 11 is 0. The molecule has 0 bridgehead atoms. The average molecular weight is 291 g/mol. The zero-order valence-electron chi connectivity index (χ0n) is 11.6. The number of carboxylic acid groups (broad SMARTS) is 1. The summed E-state index contributed by atoms with van der Waals surface area (Å²) in [5.74, 6) is -1.16. The first kappa shape index (κ1) is 15.1. The van der Waals surface area contributed by atoms with E-state index in [0.717, 1.165) is 11.1 Å². The van der Waals surface area contributed by atoms with Gasteiger partial charge in [-0.15, -0.1) is 5.10 Å². The predicted molar refractivity (Wildman–Crippen MR) is 74.1 cm³/mol. The first-order valence-corrected chi connectivity index (χ1v) is 6.51. The minimum Gasteiger partial charge on any atom is -0.476 e. The van der Waals surface area contributed by atoms with Crippen molar-refractivity contribution < 1.29 is 20.1 Å². The van der Waals surface area contributed by atoms with Crippen LogP contribution in [-0.4, -0.2) is 49.0 Å². The molecule has 0 radical (unpaired) electrons. The highest BCUT2D eigenvalue weighted by Gasteiger charge is 2.20. The SMILES string of the molecule is Cc1cccc(Cc2c(C(=O)O)nnn2CC(O)CO)c1. The van der Waals surface area contributed by atoms with Crippen molar-refractivity contribution in [2.24, 2.45) is 0 Å². The highest BCUT2D eigenvalue weighted by molar-refractivity contribution is 5.86. The van der Waals surface area contributed by atoms with Crippen LogP contribution >= 0.6 is 0 Å². The number of hydrogen-bond donors (Lipinski definition) is 3. The van der Waals surface area contributed by atoms with Crippen molar-refractivity contribution in [3.63, 3.8) is 0 Å². The van der Waals surface area contributed by atoms with Crippen LogP contribution in [0.2, 0.25) is 0 Å². The molecule has 21 heavy (non-hydrogen) atoms. The van der Waals surface area contributed by atoms with E-state index in [1.165, 1.54) is 4.68 Å². The van der Waals surface area contributed by atoms with Gasteiger partial charge in [-0.25, -0.2) is 9.48 Å². The van der Waals surface area contributed by atoms with Crippen LogP contribution in [-0.2, 0) is 13.0 Å². The Labute approximate surface area is 121 Å². The second kappa shape index (κ2) is 6.47. The molecule has 1 atom stereocenters. The average Bonchev–Trinajstić information content (AvgIpc) is 2.82. The second-order valence-corrected chi connectivity index (χ2v) is 4.87. The van der Waals surface area contributed by atoms with Gasteiger partial charge >= 0.3 is 5.97 Å². The van der Waals surface area contributed by atoms with Gasteiger partial charge in [0.15, 0.2) is 5.69 Å². The molecule has 0 aliphatic heterocycles. The van der Waals surface area contributed by atoms with Crippen LogP contribution in [0.15, 0.2) is 24.3 Å². The first-order valence-electron chi connectivity index (χ1n) is 6.51. The molecule has 0 saturated heterocycles. The quantitative estimate of drug-likeness (QED) is 0.703. The van der Waals surface area contributed by atoms with Gasteiger partial charge in [0.25, 0.3) is 0 Å². The van der Waals surface area contributed by atoms with E-state index >= 15 is 0 Å². The van der Waals surface area contributed by atoms with E-state index in [0.29, 0.717) is 12.1 Å². The normalized spacial score (nSPS) is 12.3. The molecule has 7 heteroatoms. The van der Waals surface area contributed by atoms with Crippen molar-refractivity contribution in [1.82, 2.24) is 15.0 Å². The maximum Gasteiger partial charge on any atom is 0.358 e. The van der Waals surface area contributed by atoms with Gasteiger partial charge in [0.1, 0.15) is 0 Å². The largest absolute Gasteiger partial charge is 0.476 e. The molecule has 0 amide bonds. The van der Waals surface area contributed by atoms with E-state index in [4.69, 9.17) is 5.11 Å². The monoisotopic (exact) mass is 291 g/mol. The number of aromatic nitrogens is 3. The molecular formula is C14H17N3O4. The highest BCUT2D eigenvalue weighted by atomic mass is 16.4. The number of carbonyl (C=O) groups is 1. The minimum absolute atomic E-state index is 0.00205. The van der Waals surface area contributed by atoms with Gasteiger partial charge in [0.05, 0.1) is 24.9 Å². The lowest BCUT2D eigenvalue weighted by Gasteiger charge is -2.10. The molecule has 0 aliphatic rings. The summed E-state index contributed by atoms with van der Waals surface area (Å²) in [5.41, 5.74) is 2.26. The molecule has 2 aromatic rings. The summed E-state index contributed by atoms with van der Waals surface area (Å²) in [6.45, 7) is 1.52. The predicted octanol–water partition coefficient (Wildman–Crippen LogP) is 0.229. The number of rotatable bonds is 6. The first-order chi connectivity index (χ1) is 10.0. The van der Waals surface area contributed by atoms with Gasteiger partial charge in [-0.1, -0.05) is 35.0 Å². The number of aromatic carboxylic acids is 1. The second-order valence-electron chi connectivity index (χ2n) is 4.87. The maximum atomic E-state index is 11.2. The molecule has 1 aromatic carbocycles. The van der Waals surface area contributed by atoms with E-state index in [1.54, 1.807) is 0 Å². The lowest BCUT2D eigenvalue weighted by atomic mass is 10.1. The van der Waals surface area contributed by atoms with Gasteiger partial charge < -0.3 is 15.3 Å². The van der Waals surface area contributed by atoms with E-state index in [1.807, 2.05) is 31.2 Å². The van der Waals surface area contributed by atoms with Crippen LogP contribution in [0.25, 0.3) is 0 Å². The lowest BCUT2D eigenvalue weighted by molar-refractivity contribution is 0.0687. The zero-order chi connectivity index (χ0) is 15.4. The number of aliphatic hydroxyl groups is 2. The fourth-order valence-corrected chi connectivity index (χ4v) is 2.09. The third-order valence-corrected chi connectivity index (χ3v) is 3.09. The molecule has 112 valence electrons. The number of aryl methyl sites for hydroxylation is 1. The van der Waals surface area contributed by atoms with Gasteiger partial charge in [-0.2, -0.15) is 0 Å². The number of nitrogens with zero attached hydrogens (tertiary/aromatic N) is 3. The standard InChI is InChI=1S/C14H17N3O4/c1-9-3-2-4-10(5-9)6-12-13(14(20)21)15-16-17(12)7-11(19)8-18/h2-5,11,18-19H,6-8H2,1H3,(H,20,21). The summed E-state index contributed by atoms with van der Waals surface area (Å²) in [7, 11) is 0. The van der Waals surface area contributed by atoms with Gasteiger partial charge in [0, 0.05) is 6.42 Å². The highest BCUT2D eigenvalue weighted by Crippen LogP contribution is 2.14. The van der Waals surface area contributed by atoms with Crippen LogP contribution in [0, 0.1) is 6.92 Å². The summed E-state index contributed by atoms with van der Waals surface area (Å²) < 4.78 is 1.33. The van der Waals surface area contributed by atoms with Crippen LogP contribution in [0.3, 0.4) is 0 Å². The number of aliphatic hydroxyl groups excluding tert-OH is 2. The third-order valence-electron chi connectivity index (χ3n) is 3.09. The summed E-state index contributed by atoms with van der Waals surface area (Å²) in [5, 5.41) is 35.0. The molecule has 0 saturated carbocycles. The summed E-state index contributed by atoms with van der Waals surface area (Å²) in [6.07, 6.45) is -0.668. The van der Waals surface area contributed by atoms with Crippen LogP contribution < -0.4 is 0 Å². The molecule has 7 nitrogen and oxygen atoms in total. The molecule has 0 spiro atoms. The molecule has 0 fully saturated rings. The van der Waals surface area contributed by atoms with Crippen molar-refractivity contribution >= 4 is 5.97 Å². The minimum atomic E-state index is -1.16. The summed E-state index contributed by atoms with van der Waals surface area (Å²) in [4.78, 5) is 11.2. The van der Waals surface area contributed by atoms with Crippen molar-refractivity contribution in [2.45, 2.75) is 26.0 Å². The Hall–Kier alpha value is -2.25. The number of benzene rings is 1. The Morgan fingerprint density at radius 1 is 1.43 bits per heavy atom. The van der Waals surface area contributed by atoms with Crippen LogP contribution in [0.4, 0.5) is 0 Å². The Morgan fingerprint density at radius 2 is 2.19 bits per heavy atom. The van der Waals surface area contributed by atoms with Gasteiger partial charge in [0.2, 0.25) is 0 Å². The molecule has 2 rings (SSSR count). The molecule has 3 N–H and O–H groups in total. The fourth-order valence-electron chi connectivity index (χ4n) is 2.09. The number of hydrogen-bond acceptors (Lipinski definition) is 5. The van der Waals surface area contributed by atoms with E-state index in [9.17, 15) is 15.0 Å². The molecule has 1 heterocycles. The van der Waals surface area contributed by atoms with E-state index in [2.05, 4.69) is 10.3 Å². The smallest absolute Gasteiger partial charge is 0.358 e. The van der Waals surface area contributed by atoms with Crippen molar-refractivity contribution in [3.8, 4) is 0 Å². The topological polar surface area (TPSA) is 108 Å². The molecular weight excluding hydrogens is 274 g/mol. The number of carboxylic acids is 1. The summed E-state index contributed by atoms with van der Waals surface area (Å²) in [6, 6.07) is 7.68. The Kier molecular flexibility index (Phi) is 4.66. The Balaban J connectivity index is 2.34. The van der Waals surface area contributed by atoms with Gasteiger partial charge in [-0.05, 0) is 12.5 Å². The van der Waals surface area contributed by atoms with Crippen molar-refractivity contribution in [3.05, 3.63) is 46.8 Å². The fraction of sp³-hybridized carbons (Fsp3) is 0.357. The van der Waals surface area contributed by atoms with Crippen molar-refractivity contribution in [1.29, 1.82) is 0 Å². The van der Waals surface area contributed by atoms with Crippen LogP contribution in [0.1, 0.15) is 27.3 Å². The van der Waals surface area contributed by atoms with E-state index in [-0.39, 0.29) is 12.2 Å². The van der Waals surface area contributed by atoms with Crippen LogP contribution in [0.5, 0.6) is 0 Å². The molecule has 1 unspecified atom stereocenters.